The minimum atomic E-state index is 0.674. The SMILES string of the molecule is CC1CCC(Nc2ccccc2CN(C)C)C1. The highest BCUT2D eigenvalue weighted by Crippen LogP contribution is 2.28. The molecule has 17 heavy (non-hydrogen) atoms. The molecule has 1 aromatic rings. The van der Waals surface area contributed by atoms with E-state index in [4.69, 9.17) is 0 Å². The van der Waals surface area contributed by atoms with Gasteiger partial charge in [-0.15, -0.1) is 0 Å². The van der Waals surface area contributed by atoms with E-state index in [0.717, 1.165) is 12.5 Å². The minimum absolute atomic E-state index is 0.674. The minimum Gasteiger partial charge on any atom is -0.382 e. The summed E-state index contributed by atoms with van der Waals surface area (Å²) < 4.78 is 0. The van der Waals surface area contributed by atoms with Crippen molar-refractivity contribution in [3.63, 3.8) is 0 Å². The van der Waals surface area contributed by atoms with Gasteiger partial charge in [-0.2, -0.15) is 0 Å². The fraction of sp³-hybridized carbons (Fsp3) is 0.600. The standard InChI is InChI=1S/C15H24N2/c1-12-8-9-14(10-12)16-15-7-5-4-6-13(15)11-17(2)3/h4-7,12,14,16H,8-11H2,1-3H3. The van der Waals surface area contributed by atoms with Crippen LogP contribution in [0.5, 0.6) is 0 Å². The van der Waals surface area contributed by atoms with Crippen LogP contribution in [0.15, 0.2) is 24.3 Å². The fourth-order valence-electron chi connectivity index (χ4n) is 2.70. The third-order valence-electron chi connectivity index (χ3n) is 3.56. The monoisotopic (exact) mass is 232 g/mol. The lowest BCUT2D eigenvalue weighted by Gasteiger charge is -2.19. The third kappa shape index (κ3) is 3.47. The normalized spacial score (nSPS) is 24.2. The topological polar surface area (TPSA) is 15.3 Å². The molecule has 0 radical (unpaired) electrons. The van der Waals surface area contributed by atoms with Crippen LogP contribution < -0.4 is 5.32 Å². The molecule has 94 valence electrons. The second-order valence-corrected chi connectivity index (χ2v) is 5.65. The molecule has 1 aliphatic carbocycles. The van der Waals surface area contributed by atoms with Crippen LogP contribution in [0.2, 0.25) is 0 Å². The first-order valence-electron chi connectivity index (χ1n) is 6.64. The largest absolute Gasteiger partial charge is 0.382 e. The van der Waals surface area contributed by atoms with E-state index < -0.39 is 0 Å². The molecule has 0 bridgehead atoms. The average molecular weight is 232 g/mol. The average Bonchev–Trinajstić information content (AvgIpc) is 2.66. The van der Waals surface area contributed by atoms with Crippen LogP contribution in [0.4, 0.5) is 5.69 Å². The van der Waals surface area contributed by atoms with Gasteiger partial charge in [-0.3, -0.25) is 0 Å². The molecule has 0 aliphatic heterocycles. The molecule has 0 aromatic heterocycles. The van der Waals surface area contributed by atoms with Crippen LogP contribution in [0.3, 0.4) is 0 Å². The molecule has 1 aliphatic rings. The molecule has 1 N–H and O–H groups in total. The van der Waals surface area contributed by atoms with Crippen LogP contribution >= 0.6 is 0 Å². The Morgan fingerprint density at radius 2 is 2.00 bits per heavy atom. The molecule has 2 nitrogen and oxygen atoms in total. The van der Waals surface area contributed by atoms with Gasteiger partial charge in [-0.05, 0) is 50.9 Å². The van der Waals surface area contributed by atoms with Gasteiger partial charge < -0.3 is 10.2 Å². The van der Waals surface area contributed by atoms with E-state index in [0.29, 0.717) is 6.04 Å². The Labute approximate surface area is 105 Å². The number of hydrogen-bond donors (Lipinski definition) is 1. The highest BCUT2D eigenvalue weighted by molar-refractivity contribution is 5.51. The second-order valence-electron chi connectivity index (χ2n) is 5.65. The Balaban J connectivity index is 2.04. The van der Waals surface area contributed by atoms with E-state index in [1.54, 1.807) is 0 Å². The summed E-state index contributed by atoms with van der Waals surface area (Å²) in [6, 6.07) is 9.36. The van der Waals surface area contributed by atoms with Gasteiger partial charge in [0.15, 0.2) is 0 Å². The molecule has 0 saturated heterocycles. The van der Waals surface area contributed by atoms with E-state index in [9.17, 15) is 0 Å². The lowest BCUT2D eigenvalue weighted by atomic mass is 10.1. The number of rotatable bonds is 4. The van der Waals surface area contributed by atoms with Crippen molar-refractivity contribution in [1.29, 1.82) is 0 Å². The summed E-state index contributed by atoms with van der Waals surface area (Å²) >= 11 is 0. The fourth-order valence-corrected chi connectivity index (χ4v) is 2.70. The van der Waals surface area contributed by atoms with Crippen LogP contribution in [0.25, 0.3) is 0 Å². The summed E-state index contributed by atoms with van der Waals surface area (Å²) in [7, 11) is 4.24. The molecule has 0 heterocycles. The van der Waals surface area contributed by atoms with Crippen molar-refractivity contribution in [2.45, 2.75) is 38.8 Å². The van der Waals surface area contributed by atoms with Crippen LogP contribution in [-0.4, -0.2) is 25.0 Å². The Bertz CT molecular complexity index is 360. The molecular formula is C15H24N2. The van der Waals surface area contributed by atoms with Crippen LogP contribution in [0.1, 0.15) is 31.7 Å². The molecule has 1 fully saturated rings. The van der Waals surface area contributed by atoms with Crippen molar-refractivity contribution in [1.82, 2.24) is 4.90 Å². The van der Waals surface area contributed by atoms with Gasteiger partial charge in [0, 0.05) is 18.3 Å². The lowest BCUT2D eigenvalue weighted by molar-refractivity contribution is 0.403. The van der Waals surface area contributed by atoms with Gasteiger partial charge >= 0.3 is 0 Å². The maximum atomic E-state index is 3.72. The highest BCUT2D eigenvalue weighted by atomic mass is 15.1. The molecule has 0 spiro atoms. The van der Waals surface area contributed by atoms with E-state index in [2.05, 4.69) is 55.5 Å². The van der Waals surface area contributed by atoms with Gasteiger partial charge in [-0.1, -0.05) is 25.1 Å². The molecular weight excluding hydrogens is 208 g/mol. The second kappa shape index (κ2) is 5.54. The smallest absolute Gasteiger partial charge is 0.0388 e. The Kier molecular flexibility index (Phi) is 4.06. The van der Waals surface area contributed by atoms with Gasteiger partial charge in [0.1, 0.15) is 0 Å². The van der Waals surface area contributed by atoms with Gasteiger partial charge in [0.2, 0.25) is 0 Å². The van der Waals surface area contributed by atoms with Gasteiger partial charge in [0.25, 0.3) is 0 Å². The van der Waals surface area contributed by atoms with E-state index >= 15 is 0 Å². The van der Waals surface area contributed by atoms with Crippen molar-refractivity contribution in [3.8, 4) is 0 Å². The maximum absolute atomic E-state index is 3.72. The summed E-state index contributed by atoms with van der Waals surface area (Å²) in [5, 5.41) is 3.72. The summed E-state index contributed by atoms with van der Waals surface area (Å²) in [6.45, 7) is 3.36. The molecule has 1 aromatic carbocycles. The molecule has 1 saturated carbocycles. The zero-order valence-corrected chi connectivity index (χ0v) is 11.2. The van der Waals surface area contributed by atoms with Crippen molar-refractivity contribution in [3.05, 3.63) is 29.8 Å². The number of para-hydroxylation sites is 1. The Hall–Kier alpha value is -1.02. The van der Waals surface area contributed by atoms with Crippen LogP contribution in [0, 0.1) is 5.92 Å². The first kappa shape index (κ1) is 12.4. The van der Waals surface area contributed by atoms with Crippen molar-refractivity contribution < 1.29 is 0 Å². The molecule has 2 rings (SSSR count). The summed E-state index contributed by atoms with van der Waals surface area (Å²) in [5.74, 6) is 0.883. The molecule has 2 heteroatoms. The predicted octanol–water partition coefficient (Wildman–Crippen LogP) is 3.35. The first-order valence-corrected chi connectivity index (χ1v) is 6.64. The molecule has 2 atom stereocenters. The maximum Gasteiger partial charge on any atom is 0.0388 e. The number of nitrogens with zero attached hydrogens (tertiary/aromatic N) is 1. The van der Waals surface area contributed by atoms with Crippen molar-refractivity contribution in [2.24, 2.45) is 5.92 Å². The van der Waals surface area contributed by atoms with Crippen molar-refractivity contribution >= 4 is 5.69 Å². The van der Waals surface area contributed by atoms with Gasteiger partial charge in [-0.25, -0.2) is 0 Å². The zero-order valence-electron chi connectivity index (χ0n) is 11.2. The first-order chi connectivity index (χ1) is 8.15. The third-order valence-corrected chi connectivity index (χ3v) is 3.56. The number of benzene rings is 1. The number of hydrogen-bond acceptors (Lipinski definition) is 2. The zero-order chi connectivity index (χ0) is 12.3. The Morgan fingerprint density at radius 3 is 2.65 bits per heavy atom. The summed E-state index contributed by atoms with van der Waals surface area (Å²) in [6.07, 6.45) is 4.00. The van der Waals surface area contributed by atoms with E-state index in [1.165, 1.54) is 30.5 Å². The predicted molar refractivity (Wildman–Crippen MR) is 74.3 cm³/mol. The highest BCUT2D eigenvalue weighted by Gasteiger charge is 2.21. The van der Waals surface area contributed by atoms with Crippen molar-refractivity contribution in [2.75, 3.05) is 19.4 Å². The summed E-state index contributed by atoms with van der Waals surface area (Å²) in [4.78, 5) is 2.22. The lowest BCUT2D eigenvalue weighted by Crippen LogP contribution is -2.18. The quantitative estimate of drug-likeness (QED) is 0.856. The molecule has 2 unspecified atom stereocenters. The van der Waals surface area contributed by atoms with Crippen LogP contribution in [-0.2, 0) is 6.54 Å². The number of nitrogens with one attached hydrogen (secondary N) is 1. The summed E-state index contributed by atoms with van der Waals surface area (Å²) in [5.41, 5.74) is 2.72. The van der Waals surface area contributed by atoms with Gasteiger partial charge in [0.05, 0.1) is 0 Å². The van der Waals surface area contributed by atoms with E-state index in [-0.39, 0.29) is 0 Å². The van der Waals surface area contributed by atoms with E-state index in [1.807, 2.05) is 0 Å². The molecule has 0 amide bonds. The Morgan fingerprint density at radius 1 is 1.24 bits per heavy atom. The number of anilines is 1.